The summed E-state index contributed by atoms with van der Waals surface area (Å²) in [4.78, 5) is 15.7. The maximum Gasteiger partial charge on any atom is 0.256 e. The third kappa shape index (κ3) is 3.69. The maximum absolute atomic E-state index is 11.8. The van der Waals surface area contributed by atoms with Crippen LogP contribution < -0.4 is 10.1 Å². The fraction of sp³-hybridized carbons (Fsp3) is 0.455. The molecule has 3 N–H and O–H groups in total. The largest absolute Gasteiger partial charge is 0.480 e. The summed E-state index contributed by atoms with van der Waals surface area (Å²) >= 11 is 0. The van der Waals surface area contributed by atoms with Crippen molar-refractivity contribution in [2.75, 3.05) is 20.3 Å². The Hall–Kier alpha value is -1.66. The summed E-state index contributed by atoms with van der Waals surface area (Å²) in [5, 5.41) is 20.9. The van der Waals surface area contributed by atoms with Crippen LogP contribution in [0.15, 0.2) is 18.3 Å². The zero-order valence-corrected chi connectivity index (χ0v) is 9.80. The van der Waals surface area contributed by atoms with Crippen LogP contribution >= 0.6 is 0 Å². The number of hydrogen-bond donors (Lipinski definition) is 3. The molecule has 1 rings (SSSR count). The number of rotatable bonds is 5. The molecule has 0 bridgehead atoms. The van der Waals surface area contributed by atoms with E-state index in [2.05, 4.69) is 10.3 Å². The third-order valence-corrected chi connectivity index (χ3v) is 2.18. The highest BCUT2D eigenvalue weighted by Crippen LogP contribution is 2.13. The molecule has 1 heterocycles. The Morgan fingerprint density at radius 2 is 2.35 bits per heavy atom. The molecule has 6 nitrogen and oxygen atoms in total. The number of amides is 1. The van der Waals surface area contributed by atoms with Gasteiger partial charge in [0.15, 0.2) is 0 Å². The molecule has 1 amide bonds. The molecule has 0 saturated heterocycles. The van der Waals surface area contributed by atoms with Crippen LogP contribution in [0.3, 0.4) is 0 Å². The van der Waals surface area contributed by atoms with Gasteiger partial charge in [-0.3, -0.25) is 4.79 Å². The minimum absolute atomic E-state index is 0.0552. The molecule has 0 radical (unpaired) electrons. The molecular weight excluding hydrogens is 224 g/mol. The monoisotopic (exact) mass is 240 g/mol. The van der Waals surface area contributed by atoms with Crippen LogP contribution in [0.4, 0.5) is 0 Å². The van der Waals surface area contributed by atoms with Crippen LogP contribution in [-0.2, 0) is 0 Å². The number of nitrogens with one attached hydrogen (secondary N) is 1. The lowest BCUT2D eigenvalue weighted by atomic mass is 10.1. The first-order chi connectivity index (χ1) is 8.00. The van der Waals surface area contributed by atoms with E-state index in [0.29, 0.717) is 0 Å². The van der Waals surface area contributed by atoms with Crippen LogP contribution in [0.25, 0.3) is 0 Å². The Labute approximate surface area is 99.3 Å². The predicted octanol–water partition coefficient (Wildman–Crippen LogP) is -0.437. The Kier molecular flexibility index (Phi) is 4.42. The zero-order chi connectivity index (χ0) is 12.9. The lowest BCUT2D eigenvalue weighted by Crippen LogP contribution is -2.43. The normalized spacial score (nSPS) is 13.9. The number of ether oxygens (including phenoxy) is 1. The average Bonchev–Trinajstić information content (AvgIpc) is 2.36. The summed E-state index contributed by atoms with van der Waals surface area (Å²) in [6.07, 6.45) is 1.51. The van der Waals surface area contributed by atoms with Crippen LogP contribution in [0.2, 0.25) is 0 Å². The second kappa shape index (κ2) is 5.60. The Balaban J connectivity index is 2.70. The predicted molar refractivity (Wildman–Crippen MR) is 60.8 cm³/mol. The standard InChI is InChI=1S/C11H16N2O4/c1-11(16,7-14)6-13-9(15)8-4-3-5-12-10(8)17-2/h3-5,14,16H,6-7H2,1-2H3,(H,13,15)/t11-/m0/s1. The molecule has 0 unspecified atom stereocenters. The number of nitrogens with zero attached hydrogens (tertiary/aromatic N) is 1. The van der Waals surface area contributed by atoms with E-state index in [9.17, 15) is 9.90 Å². The van der Waals surface area contributed by atoms with Crippen molar-refractivity contribution in [1.82, 2.24) is 10.3 Å². The summed E-state index contributed by atoms with van der Waals surface area (Å²) in [6, 6.07) is 3.18. The highest BCUT2D eigenvalue weighted by Gasteiger charge is 2.21. The van der Waals surface area contributed by atoms with Crippen molar-refractivity contribution < 1.29 is 19.7 Å². The van der Waals surface area contributed by atoms with E-state index in [1.807, 2.05) is 0 Å². The van der Waals surface area contributed by atoms with Crippen molar-refractivity contribution in [2.24, 2.45) is 0 Å². The van der Waals surface area contributed by atoms with Crippen molar-refractivity contribution in [2.45, 2.75) is 12.5 Å². The number of pyridine rings is 1. The number of aromatic nitrogens is 1. The van der Waals surface area contributed by atoms with Crippen molar-refractivity contribution in [1.29, 1.82) is 0 Å². The van der Waals surface area contributed by atoms with E-state index in [0.717, 1.165) is 0 Å². The molecule has 0 saturated carbocycles. The molecule has 1 aromatic heterocycles. The lowest BCUT2D eigenvalue weighted by Gasteiger charge is -2.20. The van der Waals surface area contributed by atoms with Gasteiger partial charge in [-0.15, -0.1) is 0 Å². The molecule has 1 atom stereocenters. The van der Waals surface area contributed by atoms with Gasteiger partial charge in [-0.1, -0.05) is 0 Å². The Morgan fingerprint density at radius 3 is 2.94 bits per heavy atom. The van der Waals surface area contributed by atoms with Crippen molar-refractivity contribution >= 4 is 5.91 Å². The first-order valence-electron chi connectivity index (χ1n) is 5.10. The molecule has 0 aliphatic carbocycles. The fourth-order valence-electron chi connectivity index (χ4n) is 1.15. The first kappa shape index (κ1) is 13.4. The quantitative estimate of drug-likeness (QED) is 0.649. The second-order valence-corrected chi connectivity index (χ2v) is 3.90. The van der Waals surface area contributed by atoms with E-state index >= 15 is 0 Å². The van der Waals surface area contributed by atoms with E-state index in [1.54, 1.807) is 12.1 Å². The van der Waals surface area contributed by atoms with Gasteiger partial charge in [0.05, 0.1) is 13.7 Å². The molecule has 0 aromatic carbocycles. The maximum atomic E-state index is 11.8. The SMILES string of the molecule is COc1ncccc1C(=O)NC[C@](C)(O)CO. The molecule has 0 aliphatic heterocycles. The molecular formula is C11H16N2O4. The molecule has 0 spiro atoms. The fourth-order valence-corrected chi connectivity index (χ4v) is 1.15. The average molecular weight is 240 g/mol. The highest BCUT2D eigenvalue weighted by molar-refractivity contribution is 5.96. The summed E-state index contributed by atoms with van der Waals surface area (Å²) < 4.78 is 4.94. The Bertz CT molecular complexity index is 393. The van der Waals surface area contributed by atoms with Crippen LogP contribution in [-0.4, -0.2) is 47.0 Å². The van der Waals surface area contributed by atoms with E-state index in [4.69, 9.17) is 9.84 Å². The van der Waals surface area contributed by atoms with E-state index in [1.165, 1.54) is 20.2 Å². The summed E-state index contributed by atoms with van der Waals surface area (Å²) in [5.41, 5.74) is -1.06. The highest BCUT2D eigenvalue weighted by atomic mass is 16.5. The van der Waals surface area contributed by atoms with Gasteiger partial charge in [-0.05, 0) is 19.1 Å². The van der Waals surface area contributed by atoms with Crippen molar-refractivity contribution in [3.8, 4) is 5.88 Å². The van der Waals surface area contributed by atoms with Crippen molar-refractivity contribution in [3.63, 3.8) is 0 Å². The minimum Gasteiger partial charge on any atom is -0.480 e. The molecule has 17 heavy (non-hydrogen) atoms. The van der Waals surface area contributed by atoms with Gasteiger partial charge >= 0.3 is 0 Å². The number of aliphatic hydroxyl groups is 2. The molecule has 1 aromatic rings. The van der Waals surface area contributed by atoms with Gasteiger partial charge in [-0.25, -0.2) is 4.98 Å². The number of carbonyl (C=O) groups is 1. The van der Waals surface area contributed by atoms with Crippen LogP contribution in [0.1, 0.15) is 17.3 Å². The van der Waals surface area contributed by atoms with Gasteiger partial charge in [0, 0.05) is 12.7 Å². The molecule has 0 aliphatic rings. The summed E-state index contributed by atoms with van der Waals surface area (Å²) in [7, 11) is 1.42. The summed E-state index contributed by atoms with van der Waals surface area (Å²) in [5.74, 6) is -0.197. The van der Waals surface area contributed by atoms with Gasteiger partial charge in [-0.2, -0.15) is 0 Å². The second-order valence-electron chi connectivity index (χ2n) is 3.90. The number of hydrogen-bond acceptors (Lipinski definition) is 5. The Morgan fingerprint density at radius 1 is 1.65 bits per heavy atom. The van der Waals surface area contributed by atoms with Crippen molar-refractivity contribution in [3.05, 3.63) is 23.9 Å². The molecule has 6 heteroatoms. The van der Waals surface area contributed by atoms with Crippen LogP contribution in [0, 0.1) is 0 Å². The smallest absolute Gasteiger partial charge is 0.256 e. The zero-order valence-electron chi connectivity index (χ0n) is 9.80. The molecule has 94 valence electrons. The molecule has 0 fully saturated rings. The van der Waals surface area contributed by atoms with E-state index in [-0.39, 0.29) is 18.0 Å². The van der Waals surface area contributed by atoms with Gasteiger partial charge < -0.3 is 20.3 Å². The number of carbonyl (C=O) groups excluding carboxylic acids is 1. The van der Waals surface area contributed by atoms with Gasteiger partial charge in [0.1, 0.15) is 11.2 Å². The third-order valence-electron chi connectivity index (χ3n) is 2.18. The number of methoxy groups -OCH3 is 1. The number of aliphatic hydroxyl groups excluding tert-OH is 1. The van der Waals surface area contributed by atoms with Crippen LogP contribution in [0.5, 0.6) is 5.88 Å². The van der Waals surface area contributed by atoms with Gasteiger partial charge in [0.2, 0.25) is 5.88 Å². The first-order valence-corrected chi connectivity index (χ1v) is 5.10. The van der Waals surface area contributed by atoms with Gasteiger partial charge in [0.25, 0.3) is 5.91 Å². The lowest BCUT2D eigenvalue weighted by molar-refractivity contribution is 0.00317. The topological polar surface area (TPSA) is 91.7 Å². The summed E-state index contributed by atoms with van der Waals surface area (Å²) in [6.45, 7) is 0.936. The van der Waals surface area contributed by atoms with E-state index < -0.39 is 18.1 Å². The minimum atomic E-state index is -1.34.